The highest BCUT2D eigenvalue weighted by Gasteiger charge is 2.31. The summed E-state index contributed by atoms with van der Waals surface area (Å²) in [6.07, 6.45) is 5.34. The Labute approximate surface area is 201 Å². The highest BCUT2D eigenvalue weighted by molar-refractivity contribution is 5.81. The number of piperidine rings is 1. The molecule has 1 unspecified atom stereocenters. The third-order valence-corrected chi connectivity index (χ3v) is 6.76. The van der Waals surface area contributed by atoms with Gasteiger partial charge in [0.1, 0.15) is 18.0 Å². The van der Waals surface area contributed by atoms with Gasteiger partial charge in [0, 0.05) is 57.2 Å². The van der Waals surface area contributed by atoms with Gasteiger partial charge < -0.3 is 14.4 Å². The summed E-state index contributed by atoms with van der Waals surface area (Å²) in [5.74, 6) is 1.06. The zero-order valence-corrected chi connectivity index (χ0v) is 19.9. The number of nitrogens with zero attached hydrogens (tertiary/aromatic N) is 3. The average molecular weight is 460 g/mol. The molecule has 2 fully saturated rings. The van der Waals surface area contributed by atoms with E-state index in [1.165, 1.54) is 16.5 Å². The number of carbonyl (C=O) groups is 1. The van der Waals surface area contributed by atoms with Crippen LogP contribution < -0.4 is 4.74 Å². The van der Waals surface area contributed by atoms with Crippen LogP contribution in [0.5, 0.6) is 5.75 Å². The lowest BCUT2D eigenvalue weighted by Gasteiger charge is -2.33. The van der Waals surface area contributed by atoms with Crippen molar-refractivity contribution in [2.24, 2.45) is 0 Å². The fraction of sp³-hybridized carbons (Fsp3) is 0.429. The lowest BCUT2D eigenvalue weighted by Crippen LogP contribution is -2.45. The molecule has 6 heteroatoms. The molecule has 1 aromatic heterocycles. The summed E-state index contributed by atoms with van der Waals surface area (Å²) in [6, 6.07) is 19.0. The van der Waals surface area contributed by atoms with Crippen molar-refractivity contribution in [3.63, 3.8) is 0 Å². The molecule has 2 aliphatic rings. The van der Waals surface area contributed by atoms with Crippen LogP contribution in [0.15, 0.2) is 60.8 Å². The van der Waals surface area contributed by atoms with Crippen molar-refractivity contribution in [2.75, 3.05) is 26.7 Å². The van der Waals surface area contributed by atoms with Gasteiger partial charge in [-0.2, -0.15) is 0 Å². The second-order valence-corrected chi connectivity index (χ2v) is 9.49. The normalized spacial score (nSPS) is 19.1. The standard InChI is InChI=1S/C28H33N3O3/c1-30(20-22-8-11-26-23(18-22)4-2-14-29-26)19-21-6-9-24(10-7-21)34-25-12-15-31(16-13-25)28(32)27-5-3-17-33-27/h2,4,6-11,14,18,25,27H,3,5,12-13,15-17,19-20H2,1H3. The van der Waals surface area contributed by atoms with Crippen LogP contribution in [-0.2, 0) is 22.6 Å². The number of benzene rings is 2. The molecule has 0 aliphatic carbocycles. The van der Waals surface area contributed by atoms with E-state index >= 15 is 0 Å². The molecule has 178 valence electrons. The van der Waals surface area contributed by atoms with Gasteiger partial charge in [0.05, 0.1) is 5.52 Å². The number of hydrogen-bond donors (Lipinski definition) is 0. The number of aromatic nitrogens is 1. The second kappa shape index (κ2) is 10.5. The summed E-state index contributed by atoms with van der Waals surface area (Å²) < 4.78 is 11.8. The molecular formula is C28H33N3O3. The minimum atomic E-state index is -0.221. The van der Waals surface area contributed by atoms with Crippen LogP contribution in [0.1, 0.15) is 36.8 Å². The molecule has 0 saturated carbocycles. The van der Waals surface area contributed by atoms with E-state index < -0.39 is 0 Å². The van der Waals surface area contributed by atoms with Gasteiger partial charge in [-0.15, -0.1) is 0 Å². The van der Waals surface area contributed by atoms with E-state index in [0.29, 0.717) is 6.61 Å². The molecule has 3 aromatic rings. The molecule has 6 nitrogen and oxygen atoms in total. The number of ether oxygens (including phenoxy) is 2. The van der Waals surface area contributed by atoms with Crippen molar-refractivity contribution in [1.82, 2.24) is 14.8 Å². The lowest BCUT2D eigenvalue weighted by atomic mass is 10.1. The summed E-state index contributed by atoms with van der Waals surface area (Å²) >= 11 is 0. The monoisotopic (exact) mass is 459 g/mol. The Hall–Kier alpha value is -2.96. The molecule has 3 heterocycles. The molecule has 2 aliphatic heterocycles. The Morgan fingerprint density at radius 1 is 1.06 bits per heavy atom. The summed E-state index contributed by atoms with van der Waals surface area (Å²) in [4.78, 5) is 21.2. The maximum absolute atomic E-state index is 12.5. The van der Waals surface area contributed by atoms with E-state index in [-0.39, 0.29) is 18.1 Å². The maximum Gasteiger partial charge on any atom is 0.251 e. The van der Waals surface area contributed by atoms with Gasteiger partial charge in [0.25, 0.3) is 5.91 Å². The first-order chi connectivity index (χ1) is 16.6. The molecular weight excluding hydrogens is 426 g/mol. The van der Waals surface area contributed by atoms with E-state index in [0.717, 1.165) is 63.1 Å². The van der Waals surface area contributed by atoms with Crippen LogP contribution in [-0.4, -0.2) is 59.6 Å². The Balaban J connectivity index is 1.09. The Bertz CT molecular complexity index is 1100. The molecule has 34 heavy (non-hydrogen) atoms. The number of fused-ring (bicyclic) bond motifs is 1. The van der Waals surface area contributed by atoms with Crippen molar-refractivity contribution in [1.29, 1.82) is 0 Å². The third kappa shape index (κ3) is 5.57. The SMILES string of the molecule is CN(Cc1ccc(OC2CCN(C(=O)C3CCCO3)CC2)cc1)Cc1ccc2ncccc2c1. The maximum atomic E-state index is 12.5. The fourth-order valence-corrected chi connectivity index (χ4v) is 4.94. The van der Waals surface area contributed by atoms with Gasteiger partial charge in [0.15, 0.2) is 0 Å². The number of likely N-dealkylation sites (tertiary alicyclic amines) is 1. The average Bonchev–Trinajstić information content (AvgIpc) is 3.40. The molecule has 0 bridgehead atoms. The smallest absolute Gasteiger partial charge is 0.251 e. The number of pyridine rings is 1. The largest absolute Gasteiger partial charge is 0.490 e. The molecule has 5 rings (SSSR count). The lowest BCUT2D eigenvalue weighted by molar-refractivity contribution is -0.142. The van der Waals surface area contributed by atoms with Crippen molar-refractivity contribution in [3.05, 3.63) is 71.9 Å². The number of carbonyl (C=O) groups excluding carboxylic acids is 1. The third-order valence-electron chi connectivity index (χ3n) is 6.76. The zero-order valence-electron chi connectivity index (χ0n) is 19.9. The van der Waals surface area contributed by atoms with Crippen LogP contribution in [0.3, 0.4) is 0 Å². The van der Waals surface area contributed by atoms with Crippen LogP contribution in [0, 0.1) is 0 Å². The van der Waals surface area contributed by atoms with Gasteiger partial charge in [-0.05, 0) is 61.3 Å². The van der Waals surface area contributed by atoms with Crippen molar-refractivity contribution >= 4 is 16.8 Å². The first-order valence-electron chi connectivity index (χ1n) is 12.3. The van der Waals surface area contributed by atoms with Crippen LogP contribution in [0.25, 0.3) is 10.9 Å². The highest BCUT2D eigenvalue weighted by atomic mass is 16.5. The number of amides is 1. The molecule has 1 amide bonds. The predicted octanol–water partition coefficient (Wildman–Crippen LogP) is 4.42. The topological polar surface area (TPSA) is 54.9 Å². The molecule has 1 atom stereocenters. The van der Waals surface area contributed by atoms with Crippen molar-refractivity contribution in [2.45, 2.75) is 51.0 Å². The van der Waals surface area contributed by atoms with Gasteiger partial charge in [-0.1, -0.05) is 24.3 Å². The fourth-order valence-electron chi connectivity index (χ4n) is 4.94. The Morgan fingerprint density at radius 2 is 1.82 bits per heavy atom. The van der Waals surface area contributed by atoms with Crippen molar-refractivity contribution in [3.8, 4) is 5.75 Å². The predicted molar refractivity (Wildman–Crippen MR) is 133 cm³/mol. The molecule has 0 radical (unpaired) electrons. The molecule has 0 spiro atoms. The summed E-state index contributed by atoms with van der Waals surface area (Å²) in [7, 11) is 2.14. The second-order valence-electron chi connectivity index (χ2n) is 9.49. The summed E-state index contributed by atoms with van der Waals surface area (Å²) in [6.45, 7) is 3.96. The highest BCUT2D eigenvalue weighted by Crippen LogP contribution is 2.23. The van der Waals surface area contributed by atoms with Gasteiger partial charge in [0.2, 0.25) is 0 Å². The molecule has 2 aromatic carbocycles. The van der Waals surface area contributed by atoms with Gasteiger partial charge in [-0.25, -0.2) is 0 Å². The quantitative estimate of drug-likeness (QED) is 0.524. The summed E-state index contributed by atoms with van der Waals surface area (Å²) in [5.41, 5.74) is 3.58. The van der Waals surface area contributed by atoms with Crippen molar-refractivity contribution < 1.29 is 14.3 Å². The summed E-state index contributed by atoms with van der Waals surface area (Å²) in [5, 5.41) is 1.18. The van der Waals surface area contributed by atoms with Crippen LogP contribution in [0.4, 0.5) is 0 Å². The van der Waals surface area contributed by atoms with Crippen LogP contribution >= 0.6 is 0 Å². The van der Waals surface area contributed by atoms with E-state index in [4.69, 9.17) is 9.47 Å². The van der Waals surface area contributed by atoms with Gasteiger partial charge >= 0.3 is 0 Å². The van der Waals surface area contributed by atoms with Crippen LogP contribution in [0.2, 0.25) is 0 Å². The zero-order chi connectivity index (χ0) is 23.3. The first-order valence-corrected chi connectivity index (χ1v) is 12.3. The minimum Gasteiger partial charge on any atom is -0.490 e. The minimum absolute atomic E-state index is 0.157. The number of hydrogen-bond acceptors (Lipinski definition) is 5. The number of rotatable bonds is 7. The van der Waals surface area contributed by atoms with E-state index in [1.807, 2.05) is 17.2 Å². The van der Waals surface area contributed by atoms with E-state index in [9.17, 15) is 4.79 Å². The first kappa shape index (κ1) is 22.8. The Morgan fingerprint density at radius 3 is 2.59 bits per heavy atom. The Kier molecular flexibility index (Phi) is 7.07. The van der Waals surface area contributed by atoms with Gasteiger partial charge in [-0.3, -0.25) is 14.7 Å². The van der Waals surface area contributed by atoms with E-state index in [1.54, 1.807) is 0 Å². The van der Waals surface area contributed by atoms with E-state index in [2.05, 4.69) is 65.5 Å². The molecule has 0 N–H and O–H groups in total. The molecule has 2 saturated heterocycles.